The van der Waals surface area contributed by atoms with Gasteiger partial charge in [-0.05, 0) is 33.6 Å². The standard InChI is InChI=1S/C11H19NO2/c1-5-8-6-7-9(10(13)14)12(8)11(2,3)4/h5,8-9H,1,6-7H2,2-4H3,(H,13,14)/t8-,9+/m1/s1. The minimum Gasteiger partial charge on any atom is -0.480 e. The number of carboxylic acid groups (broad SMARTS) is 1. The number of nitrogens with zero attached hydrogens (tertiary/aromatic N) is 1. The third-order valence-corrected chi connectivity index (χ3v) is 2.76. The summed E-state index contributed by atoms with van der Waals surface area (Å²) in [5.74, 6) is -0.718. The van der Waals surface area contributed by atoms with E-state index < -0.39 is 5.97 Å². The van der Waals surface area contributed by atoms with Gasteiger partial charge in [-0.25, -0.2) is 0 Å². The minimum atomic E-state index is -0.718. The molecule has 0 amide bonds. The van der Waals surface area contributed by atoms with E-state index >= 15 is 0 Å². The molecule has 14 heavy (non-hydrogen) atoms. The summed E-state index contributed by atoms with van der Waals surface area (Å²) < 4.78 is 0. The fraction of sp³-hybridized carbons (Fsp3) is 0.727. The summed E-state index contributed by atoms with van der Waals surface area (Å²) in [7, 11) is 0. The normalized spacial score (nSPS) is 29.1. The van der Waals surface area contributed by atoms with E-state index in [0.717, 1.165) is 12.8 Å². The molecule has 0 aromatic heterocycles. The first kappa shape index (κ1) is 11.2. The Kier molecular flexibility index (Phi) is 3.00. The third kappa shape index (κ3) is 1.98. The highest BCUT2D eigenvalue weighted by Crippen LogP contribution is 2.32. The fourth-order valence-corrected chi connectivity index (χ4v) is 2.28. The van der Waals surface area contributed by atoms with Crippen molar-refractivity contribution in [1.29, 1.82) is 0 Å². The highest BCUT2D eigenvalue weighted by molar-refractivity contribution is 5.74. The molecular weight excluding hydrogens is 178 g/mol. The zero-order chi connectivity index (χ0) is 10.9. The Labute approximate surface area is 85.4 Å². The number of carboxylic acids is 1. The summed E-state index contributed by atoms with van der Waals surface area (Å²) in [6.45, 7) is 9.90. The van der Waals surface area contributed by atoms with E-state index in [9.17, 15) is 4.79 Å². The lowest BCUT2D eigenvalue weighted by atomic mass is 10.0. The lowest BCUT2D eigenvalue weighted by Gasteiger charge is -2.38. The van der Waals surface area contributed by atoms with Crippen molar-refractivity contribution in [2.45, 2.75) is 51.2 Å². The molecule has 3 heteroatoms. The number of hydrogen-bond acceptors (Lipinski definition) is 2. The van der Waals surface area contributed by atoms with Gasteiger partial charge in [0.15, 0.2) is 0 Å². The van der Waals surface area contributed by atoms with Crippen LogP contribution in [0.3, 0.4) is 0 Å². The van der Waals surface area contributed by atoms with E-state index in [1.54, 1.807) is 0 Å². The molecule has 0 aliphatic carbocycles. The van der Waals surface area contributed by atoms with E-state index in [-0.39, 0.29) is 17.6 Å². The SMILES string of the molecule is C=C[C@@H]1CC[C@@H](C(=O)O)N1C(C)(C)C. The molecule has 1 fully saturated rings. The van der Waals surface area contributed by atoms with Crippen molar-refractivity contribution in [3.63, 3.8) is 0 Å². The second-order valence-corrected chi connectivity index (χ2v) is 4.81. The van der Waals surface area contributed by atoms with E-state index in [1.165, 1.54) is 0 Å². The maximum Gasteiger partial charge on any atom is 0.320 e. The molecule has 2 atom stereocenters. The average molecular weight is 197 g/mol. The first-order valence-corrected chi connectivity index (χ1v) is 5.01. The van der Waals surface area contributed by atoms with Gasteiger partial charge in [-0.1, -0.05) is 6.08 Å². The first-order chi connectivity index (χ1) is 6.38. The first-order valence-electron chi connectivity index (χ1n) is 5.01. The van der Waals surface area contributed by atoms with Gasteiger partial charge in [0.2, 0.25) is 0 Å². The van der Waals surface area contributed by atoms with Crippen LogP contribution in [0.15, 0.2) is 12.7 Å². The van der Waals surface area contributed by atoms with Crippen molar-refractivity contribution in [3.05, 3.63) is 12.7 Å². The zero-order valence-electron chi connectivity index (χ0n) is 9.16. The van der Waals surface area contributed by atoms with Crippen LogP contribution in [0.1, 0.15) is 33.6 Å². The van der Waals surface area contributed by atoms with Gasteiger partial charge in [0.1, 0.15) is 6.04 Å². The van der Waals surface area contributed by atoms with Crippen LogP contribution in [-0.2, 0) is 4.79 Å². The summed E-state index contributed by atoms with van der Waals surface area (Å²) in [6, 6.07) is -0.144. The fourth-order valence-electron chi connectivity index (χ4n) is 2.28. The Hall–Kier alpha value is -0.830. The number of carbonyl (C=O) groups is 1. The molecule has 0 unspecified atom stereocenters. The van der Waals surface area contributed by atoms with Crippen LogP contribution in [0.4, 0.5) is 0 Å². The van der Waals surface area contributed by atoms with Gasteiger partial charge >= 0.3 is 5.97 Å². The molecule has 1 N–H and O–H groups in total. The average Bonchev–Trinajstić information content (AvgIpc) is 2.45. The van der Waals surface area contributed by atoms with Crippen LogP contribution in [0.5, 0.6) is 0 Å². The Morgan fingerprint density at radius 2 is 2.07 bits per heavy atom. The van der Waals surface area contributed by atoms with Gasteiger partial charge in [0, 0.05) is 11.6 Å². The second-order valence-electron chi connectivity index (χ2n) is 4.81. The van der Waals surface area contributed by atoms with Crippen LogP contribution in [0.25, 0.3) is 0 Å². The number of rotatable bonds is 2. The molecule has 80 valence electrons. The number of hydrogen-bond donors (Lipinski definition) is 1. The van der Waals surface area contributed by atoms with Gasteiger partial charge < -0.3 is 5.11 Å². The summed E-state index contributed by atoms with van der Waals surface area (Å²) >= 11 is 0. The predicted molar refractivity (Wildman–Crippen MR) is 56.2 cm³/mol. The molecule has 0 radical (unpaired) electrons. The molecule has 1 aliphatic heterocycles. The largest absolute Gasteiger partial charge is 0.480 e. The Morgan fingerprint density at radius 1 is 1.50 bits per heavy atom. The van der Waals surface area contributed by atoms with Crippen LogP contribution >= 0.6 is 0 Å². The summed E-state index contributed by atoms with van der Waals surface area (Å²) in [5.41, 5.74) is -0.113. The smallest absolute Gasteiger partial charge is 0.320 e. The predicted octanol–water partition coefficient (Wildman–Crippen LogP) is 1.89. The molecule has 0 spiro atoms. The molecule has 0 saturated carbocycles. The molecule has 3 nitrogen and oxygen atoms in total. The van der Waals surface area contributed by atoms with Crippen molar-refractivity contribution >= 4 is 5.97 Å². The molecule has 1 heterocycles. The van der Waals surface area contributed by atoms with Gasteiger partial charge in [-0.15, -0.1) is 6.58 Å². The van der Waals surface area contributed by atoms with Crippen LogP contribution in [0, 0.1) is 0 Å². The van der Waals surface area contributed by atoms with Gasteiger partial charge in [-0.2, -0.15) is 0 Å². The molecule has 0 aromatic rings. The van der Waals surface area contributed by atoms with Gasteiger partial charge in [0.05, 0.1) is 0 Å². The van der Waals surface area contributed by atoms with Crippen molar-refractivity contribution in [2.24, 2.45) is 0 Å². The summed E-state index contributed by atoms with van der Waals surface area (Å²) in [6.07, 6.45) is 3.48. The van der Waals surface area contributed by atoms with E-state index in [2.05, 4.69) is 6.58 Å². The Bertz CT molecular complexity index is 242. The van der Waals surface area contributed by atoms with Gasteiger partial charge in [-0.3, -0.25) is 9.69 Å². The van der Waals surface area contributed by atoms with Crippen molar-refractivity contribution in [1.82, 2.24) is 4.90 Å². The zero-order valence-corrected chi connectivity index (χ0v) is 9.16. The molecule has 0 bridgehead atoms. The molecule has 1 rings (SSSR count). The molecule has 1 aliphatic rings. The van der Waals surface area contributed by atoms with E-state index in [1.807, 2.05) is 31.7 Å². The summed E-state index contributed by atoms with van der Waals surface area (Å²) in [5, 5.41) is 9.08. The maximum absolute atomic E-state index is 11.0. The van der Waals surface area contributed by atoms with Crippen LogP contribution in [0.2, 0.25) is 0 Å². The summed E-state index contributed by atoms with van der Waals surface area (Å²) in [4.78, 5) is 13.1. The Balaban J connectivity index is 2.91. The Morgan fingerprint density at radius 3 is 2.43 bits per heavy atom. The molecular formula is C11H19NO2. The van der Waals surface area contributed by atoms with Crippen molar-refractivity contribution < 1.29 is 9.90 Å². The van der Waals surface area contributed by atoms with Crippen LogP contribution < -0.4 is 0 Å². The lowest BCUT2D eigenvalue weighted by molar-refractivity contribution is -0.144. The quantitative estimate of drug-likeness (QED) is 0.687. The highest BCUT2D eigenvalue weighted by Gasteiger charge is 2.42. The molecule has 0 aromatic carbocycles. The minimum absolute atomic E-state index is 0.113. The van der Waals surface area contributed by atoms with Gasteiger partial charge in [0.25, 0.3) is 0 Å². The monoisotopic (exact) mass is 197 g/mol. The van der Waals surface area contributed by atoms with Crippen molar-refractivity contribution in [2.75, 3.05) is 0 Å². The lowest BCUT2D eigenvalue weighted by Crippen LogP contribution is -2.51. The highest BCUT2D eigenvalue weighted by atomic mass is 16.4. The second kappa shape index (κ2) is 3.73. The van der Waals surface area contributed by atoms with E-state index in [4.69, 9.17) is 5.11 Å². The van der Waals surface area contributed by atoms with E-state index in [0.29, 0.717) is 0 Å². The maximum atomic E-state index is 11.0. The number of aliphatic carboxylic acids is 1. The third-order valence-electron chi connectivity index (χ3n) is 2.76. The molecule has 1 saturated heterocycles. The van der Waals surface area contributed by atoms with Crippen LogP contribution in [-0.4, -0.2) is 33.6 Å². The van der Waals surface area contributed by atoms with Crippen molar-refractivity contribution in [3.8, 4) is 0 Å². The topological polar surface area (TPSA) is 40.5 Å². The number of likely N-dealkylation sites (tertiary alicyclic amines) is 1.